The SMILES string of the molecule is COc1cccnc1C(=O)C1CSC(C)C(C)S1. The minimum Gasteiger partial charge on any atom is -0.494 e. The topological polar surface area (TPSA) is 39.2 Å². The molecule has 1 aromatic heterocycles. The maximum atomic E-state index is 12.5. The molecule has 0 spiro atoms. The molecular weight excluding hydrogens is 266 g/mol. The van der Waals surface area contributed by atoms with Crippen molar-refractivity contribution in [3.05, 3.63) is 24.0 Å². The molecule has 18 heavy (non-hydrogen) atoms. The molecule has 3 nitrogen and oxygen atoms in total. The number of hydrogen-bond acceptors (Lipinski definition) is 5. The summed E-state index contributed by atoms with van der Waals surface area (Å²) < 4.78 is 5.21. The van der Waals surface area contributed by atoms with Crippen LogP contribution in [0.4, 0.5) is 0 Å². The van der Waals surface area contributed by atoms with E-state index in [-0.39, 0.29) is 11.0 Å². The van der Waals surface area contributed by atoms with Crippen molar-refractivity contribution in [1.29, 1.82) is 0 Å². The summed E-state index contributed by atoms with van der Waals surface area (Å²) in [6.07, 6.45) is 1.64. The largest absolute Gasteiger partial charge is 0.494 e. The third-order valence-corrected chi connectivity index (χ3v) is 6.46. The minimum absolute atomic E-state index is 0.00926. The lowest BCUT2D eigenvalue weighted by atomic mass is 10.2. The van der Waals surface area contributed by atoms with Crippen molar-refractivity contribution < 1.29 is 9.53 Å². The number of thioether (sulfide) groups is 2. The molecule has 0 saturated carbocycles. The Bertz CT molecular complexity index is 439. The molecule has 1 aromatic rings. The number of aromatic nitrogens is 1. The van der Waals surface area contributed by atoms with Gasteiger partial charge in [-0.1, -0.05) is 13.8 Å². The lowest BCUT2D eigenvalue weighted by Crippen LogP contribution is -2.32. The van der Waals surface area contributed by atoms with Gasteiger partial charge in [0.2, 0.25) is 0 Å². The van der Waals surface area contributed by atoms with E-state index in [0.717, 1.165) is 5.75 Å². The summed E-state index contributed by atoms with van der Waals surface area (Å²) >= 11 is 3.61. The number of methoxy groups -OCH3 is 1. The molecule has 98 valence electrons. The van der Waals surface area contributed by atoms with Crippen molar-refractivity contribution in [1.82, 2.24) is 4.98 Å². The van der Waals surface area contributed by atoms with Gasteiger partial charge >= 0.3 is 0 Å². The zero-order valence-electron chi connectivity index (χ0n) is 10.8. The van der Waals surface area contributed by atoms with Crippen molar-refractivity contribution in [3.8, 4) is 5.75 Å². The van der Waals surface area contributed by atoms with Crippen LogP contribution in [0.15, 0.2) is 18.3 Å². The molecule has 5 heteroatoms. The predicted molar refractivity (Wildman–Crippen MR) is 77.9 cm³/mol. The van der Waals surface area contributed by atoms with Crippen LogP contribution in [-0.4, -0.2) is 39.4 Å². The van der Waals surface area contributed by atoms with Crippen LogP contribution >= 0.6 is 23.5 Å². The average Bonchev–Trinajstić information content (AvgIpc) is 2.41. The maximum absolute atomic E-state index is 12.5. The standard InChI is InChI=1S/C13H17NO2S2/c1-8-9(2)18-11(7-17-8)13(15)12-10(16-3)5-4-6-14-12/h4-6,8-9,11H,7H2,1-3H3. The molecule has 0 bridgehead atoms. The Morgan fingerprint density at radius 2 is 2.22 bits per heavy atom. The number of carbonyl (C=O) groups is 1. The molecule has 0 aromatic carbocycles. The van der Waals surface area contributed by atoms with Crippen LogP contribution in [0.2, 0.25) is 0 Å². The third kappa shape index (κ3) is 2.83. The Labute approximate surface area is 116 Å². The summed E-state index contributed by atoms with van der Waals surface area (Å²) in [5.74, 6) is 1.51. The number of ether oxygens (including phenoxy) is 1. The summed E-state index contributed by atoms with van der Waals surface area (Å²) in [6.45, 7) is 4.39. The fraction of sp³-hybridized carbons (Fsp3) is 0.538. The highest BCUT2D eigenvalue weighted by Crippen LogP contribution is 2.37. The van der Waals surface area contributed by atoms with E-state index < -0.39 is 0 Å². The predicted octanol–water partition coefficient (Wildman–Crippen LogP) is 2.90. The number of pyridine rings is 1. The second-order valence-electron chi connectivity index (χ2n) is 4.29. The normalized spacial score (nSPS) is 27.8. The molecule has 2 rings (SSSR count). The van der Waals surface area contributed by atoms with E-state index in [1.165, 1.54) is 0 Å². The molecule has 2 heterocycles. The highest BCUT2D eigenvalue weighted by Gasteiger charge is 2.32. The van der Waals surface area contributed by atoms with Crippen molar-refractivity contribution >= 4 is 29.3 Å². The lowest BCUT2D eigenvalue weighted by Gasteiger charge is -2.30. The van der Waals surface area contributed by atoms with Crippen LogP contribution in [0.25, 0.3) is 0 Å². The molecule has 1 fully saturated rings. The van der Waals surface area contributed by atoms with Gasteiger partial charge < -0.3 is 4.74 Å². The van der Waals surface area contributed by atoms with E-state index in [1.807, 2.05) is 11.8 Å². The monoisotopic (exact) mass is 283 g/mol. The first-order valence-electron chi connectivity index (χ1n) is 5.93. The number of rotatable bonds is 3. The molecule has 0 aliphatic carbocycles. The van der Waals surface area contributed by atoms with Gasteiger partial charge in [0.05, 0.1) is 12.4 Å². The van der Waals surface area contributed by atoms with Gasteiger partial charge in [0.15, 0.2) is 5.78 Å². The Morgan fingerprint density at radius 3 is 2.89 bits per heavy atom. The first kappa shape index (κ1) is 13.7. The van der Waals surface area contributed by atoms with E-state index >= 15 is 0 Å². The summed E-state index contributed by atoms with van der Waals surface area (Å²) in [6, 6.07) is 3.57. The maximum Gasteiger partial charge on any atom is 0.198 e. The summed E-state index contributed by atoms with van der Waals surface area (Å²) in [4.78, 5) is 16.6. The highest BCUT2D eigenvalue weighted by molar-refractivity contribution is 8.08. The molecular formula is C13H17NO2S2. The van der Waals surface area contributed by atoms with Crippen molar-refractivity contribution in [2.75, 3.05) is 12.9 Å². The molecule has 1 aliphatic heterocycles. The quantitative estimate of drug-likeness (QED) is 0.798. The van der Waals surface area contributed by atoms with Crippen LogP contribution < -0.4 is 4.74 Å². The number of hydrogen-bond donors (Lipinski definition) is 0. The molecule has 0 N–H and O–H groups in total. The minimum atomic E-state index is -0.00926. The van der Waals surface area contributed by atoms with Crippen molar-refractivity contribution in [2.24, 2.45) is 0 Å². The van der Waals surface area contributed by atoms with Crippen LogP contribution in [0.5, 0.6) is 5.75 Å². The van der Waals surface area contributed by atoms with Gasteiger partial charge in [-0.05, 0) is 12.1 Å². The average molecular weight is 283 g/mol. The van der Waals surface area contributed by atoms with Gasteiger partial charge in [0.1, 0.15) is 11.4 Å². The van der Waals surface area contributed by atoms with E-state index in [4.69, 9.17) is 4.74 Å². The zero-order chi connectivity index (χ0) is 13.1. The Balaban J connectivity index is 2.16. The van der Waals surface area contributed by atoms with Crippen LogP contribution in [0.3, 0.4) is 0 Å². The molecule has 3 unspecified atom stereocenters. The van der Waals surface area contributed by atoms with Gasteiger partial charge in [-0.3, -0.25) is 4.79 Å². The van der Waals surface area contributed by atoms with Gasteiger partial charge in [-0.25, -0.2) is 4.98 Å². The third-order valence-electron chi connectivity index (χ3n) is 3.07. The number of carbonyl (C=O) groups excluding carboxylic acids is 1. The van der Waals surface area contributed by atoms with Crippen LogP contribution in [0, 0.1) is 0 Å². The fourth-order valence-electron chi connectivity index (χ4n) is 1.81. The highest BCUT2D eigenvalue weighted by atomic mass is 32.2. The van der Waals surface area contributed by atoms with Gasteiger partial charge in [-0.2, -0.15) is 11.8 Å². The summed E-state index contributed by atoms with van der Waals surface area (Å²) in [5.41, 5.74) is 0.458. The van der Waals surface area contributed by atoms with Crippen molar-refractivity contribution in [2.45, 2.75) is 29.6 Å². The lowest BCUT2D eigenvalue weighted by molar-refractivity contribution is 0.0987. The number of nitrogens with zero attached hydrogens (tertiary/aromatic N) is 1. The summed E-state index contributed by atoms with van der Waals surface area (Å²) in [5, 5.41) is 1.09. The van der Waals surface area contributed by atoms with E-state index in [9.17, 15) is 4.79 Å². The zero-order valence-corrected chi connectivity index (χ0v) is 12.4. The van der Waals surface area contributed by atoms with E-state index in [0.29, 0.717) is 21.9 Å². The summed E-state index contributed by atoms with van der Waals surface area (Å²) in [7, 11) is 1.57. The molecule has 1 saturated heterocycles. The molecule has 0 amide bonds. The Kier molecular flexibility index (Phi) is 4.56. The van der Waals surface area contributed by atoms with E-state index in [1.54, 1.807) is 37.2 Å². The van der Waals surface area contributed by atoms with Gasteiger partial charge in [0, 0.05) is 22.4 Å². The fourth-order valence-corrected chi connectivity index (χ4v) is 4.67. The van der Waals surface area contributed by atoms with Crippen molar-refractivity contribution in [3.63, 3.8) is 0 Å². The van der Waals surface area contributed by atoms with Gasteiger partial charge in [0.25, 0.3) is 0 Å². The van der Waals surface area contributed by atoms with Gasteiger partial charge in [-0.15, -0.1) is 11.8 Å². The number of ketones is 1. The number of Topliss-reactive ketones (excluding diaryl/α,β-unsaturated/α-hetero) is 1. The first-order valence-corrected chi connectivity index (χ1v) is 7.93. The van der Waals surface area contributed by atoms with E-state index in [2.05, 4.69) is 18.8 Å². The first-order chi connectivity index (χ1) is 8.63. The Hall–Kier alpha value is -0.680. The smallest absolute Gasteiger partial charge is 0.198 e. The Morgan fingerprint density at radius 1 is 1.44 bits per heavy atom. The molecule has 1 aliphatic rings. The van der Waals surface area contributed by atoms with Crippen LogP contribution in [0.1, 0.15) is 24.3 Å². The van der Waals surface area contributed by atoms with Crippen LogP contribution in [-0.2, 0) is 0 Å². The second-order valence-corrected chi connectivity index (χ2v) is 7.28. The molecule has 3 atom stereocenters. The second kappa shape index (κ2) is 5.97. The molecule has 0 radical (unpaired) electrons.